The molecule has 0 aliphatic heterocycles. The zero-order chi connectivity index (χ0) is 20.6. The molecule has 0 heterocycles. The SMILES string of the molecule is O=C(O)c1ccc(C(=O)NCC(CO)CCCCC2Cc3ccccc3C2)cc1. The molecule has 0 saturated heterocycles. The van der Waals surface area contributed by atoms with Gasteiger partial charge >= 0.3 is 5.97 Å². The molecule has 0 saturated carbocycles. The number of carbonyl (C=O) groups excluding carboxylic acids is 1. The first-order valence-electron chi connectivity index (χ1n) is 10.4. The lowest BCUT2D eigenvalue weighted by molar-refractivity contribution is 0.0696. The van der Waals surface area contributed by atoms with E-state index >= 15 is 0 Å². The first-order chi connectivity index (χ1) is 14.1. The Kier molecular flexibility index (Phi) is 7.42. The van der Waals surface area contributed by atoms with Crippen molar-refractivity contribution in [3.05, 3.63) is 70.8 Å². The van der Waals surface area contributed by atoms with Crippen LogP contribution in [0.1, 0.15) is 57.5 Å². The van der Waals surface area contributed by atoms with Gasteiger partial charge in [-0.2, -0.15) is 0 Å². The first-order valence-corrected chi connectivity index (χ1v) is 10.4. The number of benzene rings is 2. The number of carboxylic acids is 1. The molecule has 2 aromatic rings. The molecule has 5 heteroatoms. The lowest BCUT2D eigenvalue weighted by Gasteiger charge is -2.16. The molecule has 5 nitrogen and oxygen atoms in total. The van der Waals surface area contributed by atoms with E-state index in [1.165, 1.54) is 54.7 Å². The molecule has 0 spiro atoms. The maximum atomic E-state index is 12.2. The van der Waals surface area contributed by atoms with Gasteiger partial charge in [0.15, 0.2) is 0 Å². The van der Waals surface area contributed by atoms with Crippen LogP contribution >= 0.6 is 0 Å². The lowest BCUT2D eigenvalue weighted by Crippen LogP contribution is -2.30. The summed E-state index contributed by atoms with van der Waals surface area (Å²) in [5.41, 5.74) is 3.56. The Hall–Kier alpha value is -2.66. The van der Waals surface area contributed by atoms with Crippen molar-refractivity contribution in [3.63, 3.8) is 0 Å². The molecular formula is C24H29NO4. The standard InChI is InChI=1S/C24H29NO4/c26-16-18(15-25-23(27)19-9-11-20(12-10-19)24(28)29)6-2-1-5-17-13-21-7-3-4-8-22(21)14-17/h3-4,7-12,17-18,26H,1-2,5-6,13-16H2,(H,25,27)(H,28,29). The number of hydrogen-bond acceptors (Lipinski definition) is 3. The van der Waals surface area contributed by atoms with Crippen LogP contribution in [0.25, 0.3) is 0 Å². The number of rotatable bonds is 10. The number of aliphatic hydroxyl groups is 1. The normalized spacial score (nSPS) is 14.4. The molecule has 1 amide bonds. The maximum absolute atomic E-state index is 12.2. The molecule has 154 valence electrons. The highest BCUT2D eigenvalue weighted by atomic mass is 16.4. The predicted octanol–water partition coefficient (Wildman–Crippen LogP) is 3.70. The molecule has 1 aliphatic carbocycles. The van der Waals surface area contributed by atoms with Crippen molar-refractivity contribution < 1.29 is 19.8 Å². The van der Waals surface area contributed by atoms with Gasteiger partial charge in [0.2, 0.25) is 0 Å². The summed E-state index contributed by atoms with van der Waals surface area (Å²) in [6, 6.07) is 14.5. The summed E-state index contributed by atoms with van der Waals surface area (Å²) >= 11 is 0. The van der Waals surface area contributed by atoms with Gasteiger partial charge in [-0.3, -0.25) is 4.79 Å². The molecule has 1 atom stereocenters. The van der Waals surface area contributed by atoms with E-state index in [1.807, 2.05) is 0 Å². The zero-order valence-corrected chi connectivity index (χ0v) is 16.6. The molecule has 0 bridgehead atoms. The second kappa shape index (κ2) is 10.2. The van der Waals surface area contributed by atoms with Gasteiger partial charge in [-0.1, -0.05) is 37.1 Å². The first kappa shape index (κ1) is 21.1. The molecule has 3 rings (SSSR count). The number of nitrogens with one attached hydrogen (secondary N) is 1. The van der Waals surface area contributed by atoms with E-state index < -0.39 is 5.97 Å². The number of amides is 1. The summed E-state index contributed by atoms with van der Waals surface area (Å²) in [4.78, 5) is 23.1. The maximum Gasteiger partial charge on any atom is 0.335 e. The molecule has 2 aromatic carbocycles. The Morgan fingerprint density at radius 3 is 2.17 bits per heavy atom. The highest BCUT2D eigenvalue weighted by Crippen LogP contribution is 2.30. The van der Waals surface area contributed by atoms with E-state index in [4.69, 9.17) is 5.11 Å². The molecular weight excluding hydrogens is 366 g/mol. The highest BCUT2D eigenvalue weighted by Gasteiger charge is 2.20. The number of carbonyl (C=O) groups is 2. The van der Waals surface area contributed by atoms with Crippen molar-refractivity contribution in [3.8, 4) is 0 Å². The monoisotopic (exact) mass is 395 g/mol. The third-order valence-electron chi connectivity index (χ3n) is 5.81. The summed E-state index contributed by atoms with van der Waals surface area (Å²) in [7, 11) is 0. The Morgan fingerprint density at radius 2 is 1.59 bits per heavy atom. The van der Waals surface area contributed by atoms with E-state index in [-0.39, 0.29) is 24.0 Å². The van der Waals surface area contributed by atoms with Crippen LogP contribution in [0.2, 0.25) is 0 Å². The highest BCUT2D eigenvalue weighted by molar-refractivity contribution is 5.95. The second-order valence-corrected chi connectivity index (χ2v) is 7.97. The largest absolute Gasteiger partial charge is 0.478 e. The van der Waals surface area contributed by atoms with Crippen molar-refractivity contribution in [1.82, 2.24) is 5.32 Å². The summed E-state index contributed by atoms with van der Waals surface area (Å²) in [5.74, 6) is -0.491. The summed E-state index contributed by atoms with van der Waals surface area (Å²) < 4.78 is 0. The second-order valence-electron chi connectivity index (χ2n) is 7.97. The van der Waals surface area contributed by atoms with Gasteiger partial charge in [-0.25, -0.2) is 4.79 Å². The van der Waals surface area contributed by atoms with Crippen LogP contribution in [0.4, 0.5) is 0 Å². The Labute approximate surface area is 171 Å². The summed E-state index contributed by atoms with van der Waals surface area (Å²) in [6.07, 6.45) is 6.62. The molecule has 1 aliphatic rings. The van der Waals surface area contributed by atoms with Gasteiger partial charge in [-0.15, -0.1) is 0 Å². The molecule has 3 N–H and O–H groups in total. The van der Waals surface area contributed by atoms with Crippen LogP contribution in [0.3, 0.4) is 0 Å². The molecule has 1 unspecified atom stereocenters. The van der Waals surface area contributed by atoms with Crippen molar-refractivity contribution in [2.45, 2.75) is 38.5 Å². The van der Waals surface area contributed by atoms with Crippen LogP contribution in [0, 0.1) is 11.8 Å². The van der Waals surface area contributed by atoms with Crippen LogP contribution in [0.5, 0.6) is 0 Å². The van der Waals surface area contributed by atoms with Gasteiger partial charge in [0, 0.05) is 18.7 Å². The quantitative estimate of drug-likeness (QED) is 0.536. The third kappa shape index (κ3) is 5.91. The van der Waals surface area contributed by atoms with Crippen LogP contribution < -0.4 is 5.32 Å². The third-order valence-corrected chi connectivity index (χ3v) is 5.81. The van der Waals surface area contributed by atoms with E-state index in [2.05, 4.69) is 29.6 Å². The topological polar surface area (TPSA) is 86.6 Å². The zero-order valence-electron chi connectivity index (χ0n) is 16.6. The molecule has 0 fully saturated rings. The molecule has 29 heavy (non-hydrogen) atoms. The van der Waals surface area contributed by atoms with Gasteiger partial charge in [-0.05, 0) is 72.9 Å². The molecule has 0 radical (unpaired) electrons. The average Bonchev–Trinajstić information content (AvgIpc) is 3.16. The number of aromatic carboxylic acids is 1. The summed E-state index contributed by atoms with van der Waals surface area (Å²) in [5, 5.41) is 21.4. The van der Waals surface area contributed by atoms with Crippen molar-refractivity contribution >= 4 is 11.9 Å². The average molecular weight is 395 g/mol. The van der Waals surface area contributed by atoms with Crippen LogP contribution in [-0.2, 0) is 12.8 Å². The van der Waals surface area contributed by atoms with Gasteiger partial charge in [0.25, 0.3) is 5.91 Å². The number of hydrogen-bond donors (Lipinski definition) is 3. The fraction of sp³-hybridized carbons (Fsp3) is 0.417. The van der Waals surface area contributed by atoms with Gasteiger partial charge in [0.1, 0.15) is 0 Å². The number of unbranched alkanes of at least 4 members (excludes halogenated alkanes) is 1. The van der Waals surface area contributed by atoms with Crippen LogP contribution in [0.15, 0.2) is 48.5 Å². The number of carboxylic acid groups (broad SMARTS) is 1. The van der Waals surface area contributed by atoms with Gasteiger partial charge < -0.3 is 15.5 Å². The number of aliphatic hydroxyl groups excluding tert-OH is 1. The molecule has 0 aromatic heterocycles. The van der Waals surface area contributed by atoms with E-state index in [1.54, 1.807) is 0 Å². The van der Waals surface area contributed by atoms with E-state index in [9.17, 15) is 14.7 Å². The van der Waals surface area contributed by atoms with Gasteiger partial charge in [0.05, 0.1) is 5.56 Å². The smallest absolute Gasteiger partial charge is 0.335 e. The van der Waals surface area contributed by atoms with Crippen LogP contribution in [-0.4, -0.2) is 35.2 Å². The Morgan fingerprint density at radius 1 is 0.966 bits per heavy atom. The Balaban J connectivity index is 1.35. The minimum absolute atomic E-state index is 0.0398. The van der Waals surface area contributed by atoms with E-state index in [0.717, 1.165) is 25.2 Å². The van der Waals surface area contributed by atoms with Crippen molar-refractivity contribution in [2.75, 3.05) is 13.2 Å². The summed E-state index contributed by atoms with van der Waals surface area (Å²) in [6.45, 7) is 0.470. The van der Waals surface area contributed by atoms with Crippen molar-refractivity contribution in [2.24, 2.45) is 11.8 Å². The Bertz CT molecular complexity index is 806. The van der Waals surface area contributed by atoms with Crippen molar-refractivity contribution in [1.29, 1.82) is 0 Å². The predicted molar refractivity (Wildman–Crippen MR) is 112 cm³/mol. The minimum atomic E-state index is -1.02. The fourth-order valence-corrected chi connectivity index (χ4v) is 4.08. The number of fused-ring (bicyclic) bond motifs is 1. The minimum Gasteiger partial charge on any atom is -0.478 e. The van der Waals surface area contributed by atoms with E-state index in [0.29, 0.717) is 12.1 Å². The fourth-order valence-electron chi connectivity index (χ4n) is 4.08. The lowest BCUT2D eigenvalue weighted by atomic mass is 9.95.